The van der Waals surface area contributed by atoms with Crippen molar-refractivity contribution in [1.29, 1.82) is 0 Å². The van der Waals surface area contributed by atoms with Crippen LogP contribution in [0.1, 0.15) is 27.7 Å². The second-order valence-electron chi connectivity index (χ2n) is 5.37. The number of methoxy groups -OCH3 is 1. The maximum Gasteiger partial charge on any atom is 0.338 e. The Morgan fingerprint density at radius 1 is 1.54 bits per heavy atom. The van der Waals surface area contributed by atoms with Crippen LogP contribution in [0.25, 0.3) is 0 Å². The number of carbonyl (C=O) groups excluding carboxylic acids is 1. The second kappa shape index (κ2) is 6.79. The Bertz CT molecular complexity index is 788. The van der Waals surface area contributed by atoms with Crippen LogP contribution in [0.15, 0.2) is 29.5 Å². The molecule has 1 aliphatic rings. The fraction of sp³-hybridized carbons (Fsp3) is 0.312. The van der Waals surface area contributed by atoms with E-state index in [2.05, 4.69) is 15.3 Å². The van der Waals surface area contributed by atoms with Crippen molar-refractivity contribution in [3.05, 3.63) is 47.2 Å². The molecule has 1 aromatic heterocycles. The highest BCUT2D eigenvalue weighted by atomic mass is 19.1. The number of aliphatic imine (C=N–C) groups is 1. The van der Waals surface area contributed by atoms with Gasteiger partial charge in [0.15, 0.2) is 0 Å². The lowest BCUT2D eigenvalue weighted by Gasteiger charge is -2.11. The molecule has 0 saturated heterocycles. The molecule has 1 aliphatic heterocycles. The normalized spacial score (nSPS) is 16.2. The summed E-state index contributed by atoms with van der Waals surface area (Å²) in [6.45, 7) is 0.691. The molecule has 7 nitrogen and oxygen atoms in total. The molecule has 0 fully saturated rings. The summed E-state index contributed by atoms with van der Waals surface area (Å²) in [5, 5.41) is 13.0. The third-order valence-electron chi connectivity index (χ3n) is 3.85. The van der Waals surface area contributed by atoms with Gasteiger partial charge < -0.3 is 19.7 Å². The van der Waals surface area contributed by atoms with Crippen LogP contribution >= 0.6 is 0 Å². The SMILES string of the molecule is COC(=O)c1ccc(F)cc1CCn1cnc2c1NC=NCC2O. The van der Waals surface area contributed by atoms with Gasteiger partial charge in [-0.05, 0) is 30.2 Å². The van der Waals surface area contributed by atoms with Crippen molar-refractivity contribution in [2.75, 3.05) is 19.0 Å². The third-order valence-corrected chi connectivity index (χ3v) is 3.85. The van der Waals surface area contributed by atoms with E-state index in [1.165, 1.54) is 31.6 Å². The first-order chi connectivity index (χ1) is 11.6. The zero-order chi connectivity index (χ0) is 17.1. The zero-order valence-corrected chi connectivity index (χ0v) is 13.1. The highest BCUT2D eigenvalue weighted by molar-refractivity contribution is 5.91. The fourth-order valence-corrected chi connectivity index (χ4v) is 2.63. The number of halogens is 1. The Labute approximate surface area is 137 Å². The van der Waals surface area contributed by atoms with E-state index >= 15 is 0 Å². The van der Waals surface area contributed by atoms with Crippen LogP contribution in [0.3, 0.4) is 0 Å². The second-order valence-corrected chi connectivity index (χ2v) is 5.37. The number of aromatic nitrogens is 2. The minimum atomic E-state index is -0.771. The zero-order valence-electron chi connectivity index (χ0n) is 13.1. The van der Waals surface area contributed by atoms with Gasteiger partial charge in [-0.25, -0.2) is 14.2 Å². The average molecular weight is 332 g/mol. The predicted octanol–water partition coefficient (Wildman–Crippen LogP) is 1.54. The molecule has 2 heterocycles. The molecule has 3 rings (SSSR count). The van der Waals surface area contributed by atoms with Crippen molar-refractivity contribution < 1.29 is 19.0 Å². The third kappa shape index (κ3) is 3.13. The monoisotopic (exact) mass is 332 g/mol. The number of rotatable bonds is 4. The number of fused-ring (bicyclic) bond motifs is 1. The molecule has 0 spiro atoms. The van der Waals surface area contributed by atoms with Crippen molar-refractivity contribution in [2.24, 2.45) is 4.99 Å². The molecule has 8 heteroatoms. The lowest BCUT2D eigenvalue weighted by molar-refractivity contribution is 0.0599. The van der Waals surface area contributed by atoms with Crippen LogP contribution in [-0.4, -0.2) is 40.6 Å². The summed E-state index contributed by atoms with van der Waals surface area (Å²) in [6, 6.07) is 3.97. The largest absolute Gasteiger partial charge is 0.465 e. The number of benzene rings is 1. The summed E-state index contributed by atoms with van der Waals surface area (Å²) in [6.07, 6.45) is 2.74. The Kier molecular flexibility index (Phi) is 4.57. The van der Waals surface area contributed by atoms with Crippen LogP contribution in [0.2, 0.25) is 0 Å². The van der Waals surface area contributed by atoms with Gasteiger partial charge >= 0.3 is 5.97 Å². The summed E-state index contributed by atoms with van der Waals surface area (Å²) in [5.74, 6) is -0.280. The molecule has 2 aromatic rings. The number of aryl methyl sites for hydroxylation is 2. The smallest absolute Gasteiger partial charge is 0.338 e. The lowest BCUT2D eigenvalue weighted by atomic mass is 10.0. The van der Waals surface area contributed by atoms with Gasteiger partial charge in [0, 0.05) is 6.54 Å². The van der Waals surface area contributed by atoms with E-state index in [1.807, 2.05) is 0 Å². The number of aliphatic hydroxyl groups is 1. The molecule has 0 amide bonds. The van der Waals surface area contributed by atoms with Crippen LogP contribution in [0, 0.1) is 5.82 Å². The van der Waals surface area contributed by atoms with E-state index in [4.69, 9.17) is 4.74 Å². The van der Waals surface area contributed by atoms with E-state index in [0.29, 0.717) is 35.6 Å². The first kappa shape index (κ1) is 16.1. The van der Waals surface area contributed by atoms with Crippen LogP contribution < -0.4 is 5.32 Å². The number of carbonyl (C=O) groups is 1. The predicted molar refractivity (Wildman–Crippen MR) is 85.6 cm³/mol. The van der Waals surface area contributed by atoms with E-state index < -0.39 is 17.9 Å². The number of ether oxygens (including phenoxy) is 1. The van der Waals surface area contributed by atoms with Crippen LogP contribution in [0.5, 0.6) is 0 Å². The summed E-state index contributed by atoms with van der Waals surface area (Å²) in [4.78, 5) is 20.0. The Hall–Kier alpha value is -2.74. The molecule has 0 saturated carbocycles. The van der Waals surface area contributed by atoms with E-state index in [9.17, 15) is 14.3 Å². The Balaban J connectivity index is 1.83. The number of hydrogen-bond donors (Lipinski definition) is 2. The highest BCUT2D eigenvalue weighted by Crippen LogP contribution is 2.24. The Morgan fingerprint density at radius 3 is 3.17 bits per heavy atom. The van der Waals surface area contributed by atoms with Gasteiger partial charge in [-0.3, -0.25) is 4.99 Å². The van der Waals surface area contributed by atoms with E-state index in [1.54, 1.807) is 10.9 Å². The van der Waals surface area contributed by atoms with Crippen molar-refractivity contribution in [2.45, 2.75) is 19.1 Å². The molecule has 1 atom stereocenters. The highest BCUT2D eigenvalue weighted by Gasteiger charge is 2.20. The van der Waals surface area contributed by atoms with Gasteiger partial charge in [0.1, 0.15) is 23.4 Å². The molecular weight excluding hydrogens is 315 g/mol. The van der Waals surface area contributed by atoms with E-state index in [0.717, 1.165) is 0 Å². The molecular formula is C16H17FN4O3. The summed E-state index contributed by atoms with van der Waals surface area (Å²) in [5.41, 5.74) is 1.40. The Morgan fingerprint density at radius 2 is 2.38 bits per heavy atom. The number of anilines is 1. The molecule has 126 valence electrons. The number of hydrogen-bond acceptors (Lipinski definition) is 6. The molecule has 0 aliphatic carbocycles. The van der Waals surface area contributed by atoms with Crippen molar-refractivity contribution >= 4 is 18.1 Å². The number of nitrogens with zero attached hydrogens (tertiary/aromatic N) is 3. The molecule has 0 bridgehead atoms. The first-order valence-electron chi connectivity index (χ1n) is 7.45. The van der Waals surface area contributed by atoms with Crippen molar-refractivity contribution in [3.63, 3.8) is 0 Å². The van der Waals surface area contributed by atoms with Crippen molar-refractivity contribution in [1.82, 2.24) is 9.55 Å². The van der Waals surface area contributed by atoms with E-state index in [-0.39, 0.29) is 6.54 Å². The maximum absolute atomic E-state index is 13.5. The molecule has 1 unspecified atom stereocenters. The topological polar surface area (TPSA) is 88.7 Å². The minimum absolute atomic E-state index is 0.243. The van der Waals surface area contributed by atoms with Crippen molar-refractivity contribution in [3.8, 4) is 0 Å². The lowest BCUT2D eigenvalue weighted by Crippen LogP contribution is -2.11. The molecule has 0 radical (unpaired) electrons. The van der Waals surface area contributed by atoms with Gasteiger partial charge in [-0.15, -0.1) is 0 Å². The summed E-state index contributed by atoms with van der Waals surface area (Å²) >= 11 is 0. The average Bonchev–Trinajstić information content (AvgIpc) is 2.89. The number of nitrogens with one attached hydrogen (secondary N) is 1. The first-order valence-corrected chi connectivity index (χ1v) is 7.45. The van der Waals surface area contributed by atoms with Gasteiger partial charge in [-0.2, -0.15) is 0 Å². The molecule has 2 N–H and O–H groups in total. The number of imidazole rings is 1. The number of aliphatic hydroxyl groups excluding tert-OH is 1. The quantitative estimate of drug-likeness (QED) is 0.829. The van der Waals surface area contributed by atoms with Crippen LogP contribution in [-0.2, 0) is 17.7 Å². The summed E-state index contributed by atoms with van der Waals surface area (Å²) < 4.78 is 20.0. The van der Waals surface area contributed by atoms with Gasteiger partial charge in [0.25, 0.3) is 0 Å². The van der Waals surface area contributed by atoms with Crippen LogP contribution in [0.4, 0.5) is 10.2 Å². The van der Waals surface area contributed by atoms with Gasteiger partial charge in [-0.1, -0.05) is 0 Å². The molecule has 24 heavy (non-hydrogen) atoms. The summed E-state index contributed by atoms with van der Waals surface area (Å²) in [7, 11) is 1.29. The molecule has 1 aromatic carbocycles. The standard InChI is InChI=1S/C16H17FN4O3/c1-24-16(23)12-3-2-11(17)6-10(12)4-5-21-9-20-14-13(22)7-18-8-19-15(14)21/h2-3,6,8-9,13,22H,4-5,7H2,1H3,(H,18,19). The fourth-order valence-electron chi connectivity index (χ4n) is 2.63. The minimum Gasteiger partial charge on any atom is -0.465 e. The maximum atomic E-state index is 13.5. The van der Waals surface area contributed by atoms with Gasteiger partial charge in [0.05, 0.1) is 31.9 Å². The van der Waals surface area contributed by atoms with Gasteiger partial charge in [0.2, 0.25) is 0 Å². The number of esters is 1.